The van der Waals surface area contributed by atoms with Crippen molar-refractivity contribution in [2.75, 3.05) is 18.5 Å². The van der Waals surface area contributed by atoms with Crippen molar-refractivity contribution < 1.29 is 4.79 Å². The molecule has 1 aromatic carbocycles. The first kappa shape index (κ1) is 11.6. The minimum absolute atomic E-state index is 0.0455. The van der Waals surface area contributed by atoms with E-state index in [1.807, 2.05) is 29.6 Å². The molecule has 0 bridgehead atoms. The Morgan fingerprint density at radius 2 is 2.39 bits per heavy atom. The van der Waals surface area contributed by atoms with Crippen molar-refractivity contribution >= 4 is 33.1 Å². The van der Waals surface area contributed by atoms with Crippen molar-refractivity contribution in [2.24, 2.45) is 0 Å². The van der Waals surface area contributed by atoms with Crippen LogP contribution in [0.25, 0.3) is 10.2 Å². The lowest BCUT2D eigenvalue weighted by atomic mass is 10.0. The highest BCUT2D eigenvalue weighted by atomic mass is 32.1. The molecule has 2 aromatic rings. The Morgan fingerprint density at radius 3 is 3.22 bits per heavy atom. The van der Waals surface area contributed by atoms with Gasteiger partial charge in [0.15, 0.2) is 0 Å². The molecule has 1 aromatic heterocycles. The first-order valence-electron chi connectivity index (χ1n) is 6.11. The molecule has 18 heavy (non-hydrogen) atoms. The molecular formula is C13H15N3OS. The van der Waals surface area contributed by atoms with Crippen molar-refractivity contribution in [1.29, 1.82) is 0 Å². The van der Waals surface area contributed by atoms with E-state index in [0.717, 1.165) is 35.3 Å². The number of carbonyl (C=O) groups excluding carboxylic acids is 1. The van der Waals surface area contributed by atoms with Gasteiger partial charge in [-0.3, -0.25) is 4.79 Å². The van der Waals surface area contributed by atoms with Crippen molar-refractivity contribution in [1.82, 2.24) is 10.3 Å². The van der Waals surface area contributed by atoms with Gasteiger partial charge >= 0.3 is 0 Å². The zero-order valence-corrected chi connectivity index (χ0v) is 11.0. The number of hydrogen-bond donors (Lipinski definition) is 1. The minimum Gasteiger partial charge on any atom is -0.311 e. The number of amides is 1. The summed E-state index contributed by atoms with van der Waals surface area (Å²) in [6, 6.07) is 5.98. The fraction of sp³-hybridized carbons (Fsp3) is 0.385. The highest BCUT2D eigenvalue weighted by Crippen LogP contribution is 2.27. The largest absolute Gasteiger partial charge is 0.311 e. The number of fused-ring (bicyclic) bond motifs is 1. The van der Waals surface area contributed by atoms with Crippen LogP contribution in [0.2, 0.25) is 0 Å². The van der Waals surface area contributed by atoms with Crippen molar-refractivity contribution in [2.45, 2.75) is 18.9 Å². The van der Waals surface area contributed by atoms with Crippen molar-refractivity contribution in [3.05, 3.63) is 23.7 Å². The van der Waals surface area contributed by atoms with Gasteiger partial charge < -0.3 is 10.2 Å². The van der Waals surface area contributed by atoms with Crippen LogP contribution < -0.4 is 10.2 Å². The van der Waals surface area contributed by atoms with E-state index in [1.54, 1.807) is 11.3 Å². The maximum absolute atomic E-state index is 12.3. The Hall–Kier alpha value is -1.46. The fourth-order valence-electron chi connectivity index (χ4n) is 2.41. The fourth-order valence-corrected chi connectivity index (χ4v) is 3.12. The third-order valence-electron chi connectivity index (χ3n) is 3.41. The molecule has 2 heterocycles. The van der Waals surface area contributed by atoms with Gasteiger partial charge in [-0.2, -0.15) is 0 Å². The summed E-state index contributed by atoms with van der Waals surface area (Å²) in [6.45, 7) is 0.807. The molecule has 1 N–H and O–H groups in total. The van der Waals surface area contributed by atoms with Crippen LogP contribution in [-0.4, -0.2) is 30.5 Å². The number of aromatic nitrogens is 1. The summed E-state index contributed by atoms with van der Waals surface area (Å²) in [5.74, 6) is 0.174. The Labute approximate surface area is 110 Å². The average Bonchev–Trinajstić information content (AvgIpc) is 2.86. The second kappa shape index (κ2) is 4.66. The zero-order valence-electron chi connectivity index (χ0n) is 10.2. The number of thiazole rings is 1. The summed E-state index contributed by atoms with van der Waals surface area (Å²) in [7, 11) is 1.85. The normalized spacial score (nSPS) is 20.6. The molecule has 94 valence electrons. The summed E-state index contributed by atoms with van der Waals surface area (Å²) >= 11 is 1.61. The number of carbonyl (C=O) groups is 1. The van der Waals surface area contributed by atoms with Gasteiger partial charge in [0, 0.05) is 12.2 Å². The van der Waals surface area contributed by atoms with Crippen LogP contribution in [0.5, 0.6) is 0 Å². The second-order valence-electron chi connectivity index (χ2n) is 4.48. The second-order valence-corrected chi connectivity index (χ2v) is 5.36. The molecule has 1 unspecified atom stereocenters. The van der Waals surface area contributed by atoms with Gasteiger partial charge in [0.1, 0.15) is 0 Å². The average molecular weight is 261 g/mol. The Kier molecular flexibility index (Phi) is 3.01. The first-order valence-corrected chi connectivity index (χ1v) is 6.99. The summed E-state index contributed by atoms with van der Waals surface area (Å²) in [4.78, 5) is 18.4. The van der Waals surface area contributed by atoms with Crippen molar-refractivity contribution in [3.8, 4) is 0 Å². The Bertz CT molecular complexity index is 580. The summed E-state index contributed by atoms with van der Waals surface area (Å²) in [6.07, 6.45) is 1.96. The predicted molar refractivity (Wildman–Crippen MR) is 74.1 cm³/mol. The van der Waals surface area contributed by atoms with Crippen LogP contribution in [0.1, 0.15) is 12.8 Å². The monoisotopic (exact) mass is 261 g/mol. The number of anilines is 1. The number of likely N-dealkylation sites (N-methyl/N-ethyl adjacent to an activating group) is 1. The molecular weight excluding hydrogens is 246 g/mol. The third kappa shape index (κ3) is 1.89. The van der Waals surface area contributed by atoms with Gasteiger partial charge in [-0.05, 0) is 38.1 Å². The van der Waals surface area contributed by atoms with Crippen molar-refractivity contribution in [3.63, 3.8) is 0 Å². The Balaban J connectivity index is 1.95. The van der Waals surface area contributed by atoms with Gasteiger partial charge in [-0.25, -0.2) is 4.98 Å². The molecule has 5 heteroatoms. The standard InChI is InChI=1S/C13H15N3OS/c1-14-11-3-2-6-16(13(11)17)9-4-5-10-12(7-9)18-8-15-10/h4-5,7-8,11,14H,2-3,6H2,1H3. The topological polar surface area (TPSA) is 45.2 Å². The maximum Gasteiger partial charge on any atom is 0.244 e. The van der Waals surface area contributed by atoms with E-state index in [1.165, 1.54) is 0 Å². The maximum atomic E-state index is 12.3. The lowest BCUT2D eigenvalue weighted by Gasteiger charge is -2.32. The molecule has 1 atom stereocenters. The summed E-state index contributed by atoms with van der Waals surface area (Å²) in [5, 5.41) is 3.08. The van der Waals surface area contributed by atoms with E-state index in [0.29, 0.717) is 0 Å². The summed E-state index contributed by atoms with van der Waals surface area (Å²) in [5.41, 5.74) is 3.82. The van der Waals surface area contributed by atoms with Gasteiger partial charge in [0.25, 0.3) is 0 Å². The van der Waals surface area contributed by atoms with Gasteiger partial charge in [-0.1, -0.05) is 0 Å². The van der Waals surface area contributed by atoms with E-state index < -0.39 is 0 Å². The number of nitrogens with one attached hydrogen (secondary N) is 1. The molecule has 1 aliphatic rings. The van der Waals surface area contributed by atoms with Gasteiger partial charge in [0.2, 0.25) is 5.91 Å². The number of benzene rings is 1. The molecule has 3 rings (SSSR count). The molecule has 1 saturated heterocycles. The van der Waals surface area contributed by atoms with E-state index in [9.17, 15) is 4.79 Å². The van der Waals surface area contributed by atoms with Gasteiger partial charge in [-0.15, -0.1) is 11.3 Å². The molecule has 4 nitrogen and oxygen atoms in total. The molecule has 0 aliphatic carbocycles. The quantitative estimate of drug-likeness (QED) is 0.899. The van der Waals surface area contributed by atoms with E-state index >= 15 is 0 Å². The van der Waals surface area contributed by atoms with E-state index in [-0.39, 0.29) is 11.9 Å². The number of nitrogens with zero attached hydrogens (tertiary/aromatic N) is 2. The van der Waals surface area contributed by atoms with Crippen LogP contribution >= 0.6 is 11.3 Å². The van der Waals surface area contributed by atoms with E-state index in [4.69, 9.17) is 0 Å². The number of rotatable bonds is 2. The van der Waals surface area contributed by atoms with Gasteiger partial charge in [0.05, 0.1) is 21.8 Å². The minimum atomic E-state index is -0.0455. The highest BCUT2D eigenvalue weighted by molar-refractivity contribution is 7.16. The smallest absolute Gasteiger partial charge is 0.244 e. The first-order chi connectivity index (χ1) is 8.79. The number of piperidine rings is 1. The Morgan fingerprint density at radius 1 is 1.50 bits per heavy atom. The zero-order chi connectivity index (χ0) is 12.5. The third-order valence-corrected chi connectivity index (χ3v) is 4.21. The molecule has 1 aliphatic heterocycles. The van der Waals surface area contributed by atoms with Crippen LogP contribution in [0.15, 0.2) is 23.7 Å². The highest BCUT2D eigenvalue weighted by Gasteiger charge is 2.28. The summed E-state index contributed by atoms with van der Waals surface area (Å²) < 4.78 is 1.13. The van der Waals surface area contributed by atoms with Crippen LogP contribution in [0.4, 0.5) is 5.69 Å². The molecule has 0 saturated carbocycles. The molecule has 1 fully saturated rings. The number of hydrogen-bond acceptors (Lipinski definition) is 4. The molecule has 0 spiro atoms. The van der Waals surface area contributed by atoms with Crippen LogP contribution in [0, 0.1) is 0 Å². The van der Waals surface area contributed by atoms with E-state index in [2.05, 4.69) is 16.4 Å². The lowest BCUT2D eigenvalue weighted by Crippen LogP contribution is -2.49. The molecule has 0 radical (unpaired) electrons. The predicted octanol–water partition coefficient (Wildman–Crippen LogP) is 2.01. The van der Waals surface area contributed by atoms with Crippen LogP contribution in [-0.2, 0) is 4.79 Å². The SMILES string of the molecule is CNC1CCCN(c2ccc3ncsc3c2)C1=O. The van der Waals surface area contributed by atoms with Crippen LogP contribution in [0.3, 0.4) is 0 Å². The molecule has 1 amide bonds. The lowest BCUT2D eigenvalue weighted by molar-refractivity contribution is -0.121.